The van der Waals surface area contributed by atoms with Crippen molar-refractivity contribution >= 4 is 6.72 Å². The Balaban J connectivity index is 2.93. The first-order chi connectivity index (χ1) is 7.10. The molecule has 1 unspecified atom stereocenters. The second kappa shape index (κ2) is 4.72. The summed E-state index contributed by atoms with van der Waals surface area (Å²) in [7, 11) is 1.49. The minimum absolute atomic E-state index is 0.261. The van der Waals surface area contributed by atoms with E-state index in [4.69, 9.17) is 4.74 Å². The Bertz CT molecular complexity index is 334. The van der Waals surface area contributed by atoms with Crippen molar-refractivity contribution in [1.29, 1.82) is 0 Å². The Morgan fingerprint density at radius 3 is 2.87 bits per heavy atom. The van der Waals surface area contributed by atoms with Gasteiger partial charge in [0.2, 0.25) is 6.04 Å². The second-order valence-corrected chi connectivity index (χ2v) is 3.39. The van der Waals surface area contributed by atoms with Crippen LogP contribution in [0.1, 0.15) is 19.3 Å². The predicted octanol–water partition coefficient (Wildman–Crippen LogP) is 1.93. The van der Waals surface area contributed by atoms with Crippen LogP contribution in [0.5, 0.6) is 0 Å². The summed E-state index contributed by atoms with van der Waals surface area (Å²) in [4.78, 5) is 14.3. The number of hydrogen-bond donors (Lipinski definition) is 0. The van der Waals surface area contributed by atoms with Crippen LogP contribution in [0.25, 0.3) is 0 Å². The molecule has 0 saturated carbocycles. The van der Waals surface area contributed by atoms with Gasteiger partial charge in [0.1, 0.15) is 5.76 Å². The lowest BCUT2D eigenvalue weighted by Gasteiger charge is -2.20. The summed E-state index contributed by atoms with van der Waals surface area (Å²) in [6.07, 6.45) is 1.39. The number of hydrogen-bond acceptors (Lipinski definition) is 4. The molecule has 0 spiro atoms. The molecule has 1 atom stereocenters. The van der Waals surface area contributed by atoms with Crippen LogP contribution in [0.3, 0.4) is 0 Å². The third-order valence-electron chi connectivity index (χ3n) is 2.57. The van der Waals surface area contributed by atoms with Gasteiger partial charge in [-0.2, -0.15) is 0 Å². The lowest BCUT2D eigenvalue weighted by molar-refractivity contribution is -0.523. The van der Waals surface area contributed by atoms with Crippen LogP contribution >= 0.6 is 0 Å². The first kappa shape index (κ1) is 11.4. The molecule has 82 valence electrons. The van der Waals surface area contributed by atoms with Gasteiger partial charge in [-0.05, 0) is 13.1 Å². The summed E-state index contributed by atoms with van der Waals surface area (Å²) in [5.41, 5.74) is 1.49. The van der Waals surface area contributed by atoms with E-state index in [9.17, 15) is 10.1 Å². The maximum Gasteiger partial charge on any atom is 0.217 e. The molecule has 0 fully saturated rings. The highest BCUT2D eigenvalue weighted by Gasteiger charge is 2.29. The third kappa shape index (κ3) is 2.43. The molecule has 0 N–H and O–H groups in total. The molecular formula is C10H14N2O3. The van der Waals surface area contributed by atoms with Crippen LogP contribution in [0.4, 0.5) is 0 Å². The Kier molecular flexibility index (Phi) is 3.60. The van der Waals surface area contributed by atoms with E-state index in [0.29, 0.717) is 25.0 Å². The van der Waals surface area contributed by atoms with Gasteiger partial charge < -0.3 is 4.74 Å². The molecule has 15 heavy (non-hydrogen) atoms. The molecule has 0 amide bonds. The number of allylic oxidation sites excluding steroid dienone is 2. The Labute approximate surface area is 88.3 Å². The number of methoxy groups -OCH3 is 1. The summed E-state index contributed by atoms with van der Waals surface area (Å²) in [5.74, 6) is 0.448. The van der Waals surface area contributed by atoms with Gasteiger partial charge in [0, 0.05) is 29.0 Å². The summed E-state index contributed by atoms with van der Waals surface area (Å²) >= 11 is 0. The first-order valence-electron chi connectivity index (χ1n) is 4.65. The summed E-state index contributed by atoms with van der Waals surface area (Å²) in [5, 5.41) is 10.7. The third-order valence-corrected chi connectivity index (χ3v) is 2.57. The molecule has 1 aliphatic rings. The first-order valence-corrected chi connectivity index (χ1v) is 4.65. The van der Waals surface area contributed by atoms with Gasteiger partial charge in [-0.1, -0.05) is 6.58 Å². The molecular weight excluding hydrogens is 196 g/mol. The van der Waals surface area contributed by atoms with Gasteiger partial charge in [0.05, 0.1) is 7.11 Å². The van der Waals surface area contributed by atoms with E-state index in [2.05, 4.69) is 18.3 Å². The van der Waals surface area contributed by atoms with Gasteiger partial charge in [0.25, 0.3) is 0 Å². The highest BCUT2D eigenvalue weighted by atomic mass is 16.6. The van der Waals surface area contributed by atoms with E-state index < -0.39 is 6.04 Å². The Morgan fingerprint density at radius 2 is 2.40 bits per heavy atom. The Morgan fingerprint density at radius 1 is 1.73 bits per heavy atom. The standard InChI is InChI=1S/C10H14N2O3/c1-7(15-3)9-6-8(12(13)14)4-5-10(9)11-2/h8H,1-2,4-6H2,3H3. The van der Waals surface area contributed by atoms with E-state index in [1.807, 2.05) is 0 Å². The van der Waals surface area contributed by atoms with Crippen LogP contribution in [-0.2, 0) is 4.74 Å². The number of rotatable bonds is 4. The van der Waals surface area contributed by atoms with Gasteiger partial charge in [0.15, 0.2) is 0 Å². The molecule has 1 rings (SSSR count). The van der Waals surface area contributed by atoms with Crippen molar-refractivity contribution in [1.82, 2.24) is 0 Å². The highest BCUT2D eigenvalue weighted by Crippen LogP contribution is 2.31. The molecule has 0 aromatic heterocycles. The van der Waals surface area contributed by atoms with Gasteiger partial charge >= 0.3 is 0 Å². The van der Waals surface area contributed by atoms with Crippen molar-refractivity contribution in [2.75, 3.05) is 7.11 Å². The molecule has 0 aromatic rings. The number of ether oxygens (including phenoxy) is 1. The quantitative estimate of drug-likeness (QED) is 0.308. The second-order valence-electron chi connectivity index (χ2n) is 3.39. The van der Waals surface area contributed by atoms with Gasteiger partial charge in [-0.3, -0.25) is 15.1 Å². The zero-order valence-corrected chi connectivity index (χ0v) is 8.73. The number of nitrogens with zero attached hydrogens (tertiary/aromatic N) is 2. The van der Waals surface area contributed by atoms with E-state index in [1.165, 1.54) is 7.11 Å². The van der Waals surface area contributed by atoms with Crippen molar-refractivity contribution in [3.8, 4) is 0 Å². The maximum absolute atomic E-state index is 10.7. The van der Waals surface area contributed by atoms with Crippen molar-refractivity contribution < 1.29 is 9.66 Å². The van der Waals surface area contributed by atoms with Crippen LogP contribution in [0.15, 0.2) is 28.6 Å². The average molecular weight is 210 g/mol. The number of aliphatic imine (C=N–C) groups is 1. The van der Waals surface area contributed by atoms with Crippen molar-refractivity contribution in [3.63, 3.8) is 0 Å². The van der Waals surface area contributed by atoms with Gasteiger partial charge in [-0.15, -0.1) is 0 Å². The average Bonchev–Trinajstić information content (AvgIpc) is 2.27. The zero-order valence-electron chi connectivity index (χ0n) is 8.73. The van der Waals surface area contributed by atoms with Crippen LogP contribution < -0.4 is 0 Å². The van der Waals surface area contributed by atoms with E-state index in [-0.39, 0.29) is 4.92 Å². The van der Waals surface area contributed by atoms with Crippen molar-refractivity contribution in [3.05, 3.63) is 33.7 Å². The Hall–Kier alpha value is -1.65. The van der Waals surface area contributed by atoms with Crippen LogP contribution in [0.2, 0.25) is 0 Å². The molecule has 0 aliphatic heterocycles. The van der Waals surface area contributed by atoms with Gasteiger partial charge in [-0.25, -0.2) is 0 Å². The van der Waals surface area contributed by atoms with Crippen LogP contribution in [-0.4, -0.2) is 24.8 Å². The summed E-state index contributed by atoms with van der Waals surface area (Å²) in [6.45, 7) is 7.15. The topological polar surface area (TPSA) is 64.7 Å². The van der Waals surface area contributed by atoms with Crippen molar-refractivity contribution in [2.45, 2.75) is 25.3 Å². The lowest BCUT2D eigenvalue weighted by Crippen LogP contribution is -2.24. The number of nitro groups is 1. The summed E-state index contributed by atoms with van der Waals surface area (Å²) < 4.78 is 4.99. The fraction of sp³-hybridized carbons (Fsp3) is 0.500. The molecule has 0 radical (unpaired) electrons. The fourth-order valence-electron chi connectivity index (χ4n) is 1.66. The van der Waals surface area contributed by atoms with E-state index in [0.717, 1.165) is 11.3 Å². The summed E-state index contributed by atoms with van der Waals surface area (Å²) in [6, 6.07) is -0.558. The molecule has 0 heterocycles. The molecule has 0 saturated heterocycles. The minimum Gasteiger partial charge on any atom is -0.497 e. The molecule has 0 bridgehead atoms. The van der Waals surface area contributed by atoms with Crippen molar-refractivity contribution in [2.24, 2.45) is 4.99 Å². The highest BCUT2D eigenvalue weighted by molar-refractivity contribution is 5.37. The van der Waals surface area contributed by atoms with E-state index in [1.54, 1.807) is 0 Å². The molecule has 0 aromatic carbocycles. The smallest absolute Gasteiger partial charge is 0.217 e. The fourth-order valence-corrected chi connectivity index (χ4v) is 1.66. The molecule has 5 nitrogen and oxygen atoms in total. The monoisotopic (exact) mass is 210 g/mol. The zero-order chi connectivity index (χ0) is 11.4. The normalized spacial score (nSPS) is 21.0. The lowest BCUT2D eigenvalue weighted by atomic mass is 9.91. The molecule has 1 aliphatic carbocycles. The van der Waals surface area contributed by atoms with E-state index >= 15 is 0 Å². The van der Waals surface area contributed by atoms with Crippen LogP contribution in [0, 0.1) is 10.1 Å². The predicted molar refractivity (Wildman–Crippen MR) is 57.4 cm³/mol. The molecule has 5 heteroatoms. The SMILES string of the molecule is C=NC1=C(C(=C)OC)CC([N+](=O)[O-])CC1. The largest absolute Gasteiger partial charge is 0.497 e. The minimum atomic E-state index is -0.558. The maximum atomic E-state index is 10.7.